The molecule has 1 aliphatic rings. The molecule has 0 spiro atoms. The fourth-order valence-corrected chi connectivity index (χ4v) is 2.38. The van der Waals surface area contributed by atoms with Crippen LogP contribution in [0.4, 0.5) is 0 Å². The third-order valence-electron chi connectivity index (χ3n) is 3.67. The van der Waals surface area contributed by atoms with E-state index >= 15 is 0 Å². The molecular weight excluding hydrogens is 222 g/mol. The molecule has 0 N–H and O–H groups in total. The Bertz CT molecular complexity index is 306. The molecule has 1 atom stereocenters. The zero-order chi connectivity index (χ0) is 13.6. The second-order valence-electron chi connectivity index (χ2n) is 6.37. The summed E-state index contributed by atoms with van der Waals surface area (Å²) in [6.45, 7) is 8.92. The summed E-state index contributed by atoms with van der Waals surface area (Å²) >= 11 is 0. The molecule has 0 saturated carbocycles. The van der Waals surface area contributed by atoms with Crippen LogP contribution < -0.4 is 0 Å². The summed E-state index contributed by atoms with van der Waals surface area (Å²) in [7, 11) is 0. The number of hydrogen-bond donors (Lipinski definition) is 0. The minimum Gasteiger partial charge on any atom is -0.198 e. The van der Waals surface area contributed by atoms with E-state index in [0.717, 1.165) is 31.6 Å². The van der Waals surface area contributed by atoms with Gasteiger partial charge in [0.25, 0.3) is 0 Å². The van der Waals surface area contributed by atoms with Crippen LogP contribution in [0.2, 0.25) is 0 Å². The van der Waals surface area contributed by atoms with Crippen molar-refractivity contribution in [2.75, 3.05) is 0 Å². The maximum absolute atomic E-state index is 9.31. The summed E-state index contributed by atoms with van der Waals surface area (Å²) in [4.78, 5) is 0. The normalized spacial score (nSPS) is 18.1. The van der Waals surface area contributed by atoms with Crippen LogP contribution in [-0.2, 0) is 0 Å². The van der Waals surface area contributed by atoms with Gasteiger partial charge in [0.05, 0.1) is 12.0 Å². The van der Waals surface area contributed by atoms with E-state index < -0.39 is 0 Å². The molecule has 1 rings (SSSR count). The lowest BCUT2D eigenvalue weighted by Gasteiger charge is -2.17. The molecule has 18 heavy (non-hydrogen) atoms. The average Bonchev–Trinajstić information content (AvgIpc) is 3.04. The maximum atomic E-state index is 9.31. The van der Waals surface area contributed by atoms with Crippen molar-refractivity contribution in [1.29, 1.82) is 5.26 Å². The summed E-state index contributed by atoms with van der Waals surface area (Å²) in [6, 6.07) is 2.43. The van der Waals surface area contributed by atoms with Crippen molar-refractivity contribution in [2.45, 2.75) is 71.9 Å². The second kappa shape index (κ2) is 6.87. The number of nitrogens with zero attached hydrogens (tertiary/aromatic N) is 3. The Balaban J connectivity index is 2.32. The van der Waals surface area contributed by atoms with Gasteiger partial charge in [0.15, 0.2) is 0 Å². The molecule has 102 valence electrons. The Labute approximate surface area is 112 Å². The van der Waals surface area contributed by atoms with E-state index in [0.29, 0.717) is 5.92 Å². The number of rotatable bonds is 9. The van der Waals surface area contributed by atoms with Crippen molar-refractivity contribution in [3.05, 3.63) is 0 Å². The van der Waals surface area contributed by atoms with Crippen LogP contribution in [0.15, 0.2) is 10.2 Å². The first-order valence-electron chi connectivity index (χ1n) is 7.34. The van der Waals surface area contributed by atoms with Gasteiger partial charge in [0, 0.05) is 0 Å². The van der Waals surface area contributed by atoms with Gasteiger partial charge in [-0.25, -0.2) is 0 Å². The Morgan fingerprint density at radius 2 is 1.50 bits per heavy atom. The van der Waals surface area contributed by atoms with Gasteiger partial charge in [-0.1, -0.05) is 47.0 Å². The van der Waals surface area contributed by atoms with Crippen molar-refractivity contribution >= 4 is 0 Å². The number of nitriles is 1. The first-order chi connectivity index (χ1) is 8.50. The molecule has 0 fully saturated rings. The van der Waals surface area contributed by atoms with Crippen LogP contribution in [0.25, 0.3) is 0 Å². The zero-order valence-electron chi connectivity index (χ0n) is 12.3. The molecular formula is C15H27N3. The fourth-order valence-electron chi connectivity index (χ4n) is 2.38. The molecule has 0 aromatic carbocycles. The van der Waals surface area contributed by atoms with E-state index in [1.165, 1.54) is 12.8 Å². The lowest BCUT2D eigenvalue weighted by molar-refractivity contribution is 0.359. The van der Waals surface area contributed by atoms with Crippen molar-refractivity contribution in [2.24, 2.45) is 28.0 Å². The van der Waals surface area contributed by atoms with E-state index in [9.17, 15) is 5.26 Å². The van der Waals surface area contributed by atoms with Crippen LogP contribution in [-0.4, -0.2) is 5.66 Å². The highest BCUT2D eigenvalue weighted by atomic mass is 15.4. The predicted molar refractivity (Wildman–Crippen MR) is 74.1 cm³/mol. The van der Waals surface area contributed by atoms with Crippen LogP contribution in [0.5, 0.6) is 0 Å². The largest absolute Gasteiger partial charge is 0.206 e. The summed E-state index contributed by atoms with van der Waals surface area (Å²) < 4.78 is 0. The summed E-state index contributed by atoms with van der Waals surface area (Å²) in [5.41, 5.74) is -0.319. The van der Waals surface area contributed by atoms with Crippen molar-refractivity contribution in [3.8, 4) is 6.07 Å². The molecule has 0 aromatic rings. The third kappa shape index (κ3) is 4.76. The predicted octanol–water partition coefficient (Wildman–Crippen LogP) is 4.94. The molecule has 1 aliphatic heterocycles. The lowest BCUT2D eigenvalue weighted by Crippen LogP contribution is -2.23. The topological polar surface area (TPSA) is 48.5 Å². The average molecular weight is 249 g/mol. The second-order valence-corrected chi connectivity index (χ2v) is 6.37. The van der Waals surface area contributed by atoms with Gasteiger partial charge in [-0.05, 0) is 31.1 Å². The van der Waals surface area contributed by atoms with Crippen LogP contribution in [0.1, 0.15) is 66.2 Å². The van der Waals surface area contributed by atoms with Crippen LogP contribution in [0, 0.1) is 29.1 Å². The van der Waals surface area contributed by atoms with Crippen molar-refractivity contribution in [3.63, 3.8) is 0 Å². The van der Waals surface area contributed by atoms with Gasteiger partial charge in [0.2, 0.25) is 5.66 Å². The molecule has 3 heteroatoms. The van der Waals surface area contributed by atoms with Gasteiger partial charge in [0.1, 0.15) is 0 Å². The van der Waals surface area contributed by atoms with Gasteiger partial charge < -0.3 is 0 Å². The molecule has 0 radical (unpaired) electrons. The fraction of sp³-hybridized carbons (Fsp3) is 0.933. The molecule has 0 aromatic heterocycles. The highest BCUT2D eigenvalue weighted by molar-refractivity contribution is 5.07. The van der Waals surface area contributed by atoms with Crippen molar-refractivity contribution < 1.29 is 0 Å². The standard InChI is InChI=1S/C15H27N3/c1-12(2)7-5-9-14(11-16)15(17-18-15)10-6-8-13(3)4/h12-14H,5-10H2,1-4H3. The van der Waals surface area contributed by atoms with E-state index in [2.05, 4.69) is 44.0 Å². The minimum absolute atomic E-state index is 0.00316. The molecule has 0 bridgehead atoms. The lowest BCUT2D eigenvalue weighted by atomic mass is 9.86. The SMILES string of the molecule is CC(C)CCCC(C#N)C1(CCCC(C)C)N=N1. The maximum Gasteiger partial charge on any atom is 0.206 e. The Hall–Kier alpha value is -0.910. The molecule has 0 aliphatic carbocycles. The first kappa shape index (κ1) is 15.1. The van der Waals surface area contributed by atoms with E-state index in [-0.39, 0.29) is 11.6 Å². The zero-order valence-corrected chi connectivity index (χ0v) is 12.3. The molecule has 0 amide bonds. The quantitative estimate of drug-likeness (QED) is 0.571. The Morgan fingerprint density at radius 1 is 0.944 bits per heavy atom. The Kier molecular flexibility index (Phi) is 5.78. The van der Waals surface area contributed by atoms with Crippen molar-refractivity contribution in [1.82, 2.24) is 0 Å². The monoisotopic (exact) mass is 249 g/mol. The smallest absolute Gasteiger partial charge is 0.198 e. The van der Waals surface area contributed by atoms with E-state index in [1.807, 2.05) is 0 Å². The summed E-state index contributed by atoms with van der Waals surface area (Å²) in [5.74, 6) is 1.44. The minimum atomic E-state index is -0.319. The molecule has 3 nitrogen and oxygen atoms in total. The van der Waals surface area contributed by atoms with Crippen LogP contribution >= 0.6 is 0 Å². The van der Waals surface area contributed by atoms with Gasteiger partial charge in [-0.3, -0.25) is 0 Å². The summed E-state index contributed by atoms with van der Waals surface area (Å²) in [5, 5.41) is 17.7. The molecule has 1 unspecified atom stereocenters. The van der Waals surface area contributed by atoms with E-state index in [4.69, 9.17) is 0 Å². The van der Waals surface area contributed by atoms with Gasteiger partial charge in [-0.15, -0.1) is 0 Å². The summed E-state index contributed by atoms with van der Waals surface area (Å²) in [6.07, 6.45) is 6.56. The van der Waals surface area contributed by atoms with Gasteiger partial charge >= 0.3 is 0 Å². The third-order valence-corrected chi connectivity index (χ3v) is 3.67. The highest BCUT2D eigenvalue weighted by Crippen LogP contribution is 2.43. The number of hydrogen-bond acceptors (Lipinski definition) is 3. The molecule has 1 heterocycles. The Morgan fingerprint density at radius 3 is 1.94 bits per heavy atom. The van der Waals surface area contributed by atoms with E-state index in [1.54, 1.807) is 0 Å². The van der Waals surface area contributed by atoms with Gasteiger partial charge in [-0.2, -0.15) is 15.5 Å². The van der Waals surface area contributed by atoms with Crippen LogP contribution in [0.3, 0.4) is 0 Å². The first-order valence-corrected chi connectivity index (χ1v) is 7.34. The molecule has 0 saturated heterocycles. The highest BCUT2D eigenvalue weighted by Gasteiger charge is 2.47.